The van der Waals surface area contributed by atoms with E-state index < -0.39 is 22.5 Å². The van der Waals surface area contributed by atoms with Gasteiger partial charge in [-0.05, 0) is 42.5 Å². The molecule has 0 spiro atoms. The highest BCUT2D eigenvalue weighted by atomic mass is 16.6. The number of nitrogens with one attached hydrogen (secondary N) is 2. The lowest BCUT2D eigenvalue weighted by Gasteiger charge is -2.28. The van der Waals surface area contributed by atoms with E-state index in [1.54, 1.807) is 0 Å². The monoisotopic (exact) mass is 453 g/mol. The normalized spacial score (nSPS) is 13.1. The van der Waals surface area contributed by atoms with Crippen molar-refractivity contribution in [3.8, 4) is 0 Å². The summed E-state index contributed by atoms with van der Waals surface area (Å²) >= 11 is 0. The van der Waals surface area contributed by atoms with Gasteiger partial charge in [-0.25, -0.2) is 14.8 Å². The summed E-state index contributed by atoms with van der Waals surface area (Å²) in [7, 11) is 0. The number of anilines is 2. The first-order chi connectivity index (χ1) is 15.8. The zero-order chi connectivity index (χ0) is 24.1. The Morgan fingerprint density at radius 1 is 1.00 bits per heavy atom. The molecule has 4 amide bonds. The summed E-state index contributed by atoms with van der Waals surface area (Å²) in [6.07, 6.45) is 2.00. The Kier molecular flexibility index (Phi) is 7.27. The highest BCUT2D eigenvalue weighted by Crippen LogP contribution is 2.28. The lowest BCUT2D eigenvalue weighted by atomic mass is 10.0. The zero-order valence-corrected chi connectivity index (χ0v) is 18.9. The highest BCUT2D eigenvalue weighted by Gasteiger charge is 2.35. The molecule has 2 N–H and O–H groups in total. The van der Waals surface area contributed by atoms with Gasteiger partial charge in [-0.15, -0.1) is 0 Å². The SMILES string of the molecule is CCc1cccc(CC)c1NC(=O)N1CCCN1C(=O)c1cc(NC(C)=O)ccc1[N+](=O)[O-]. The number of nitrogens with zero attached hydrogens (tertiary/aromatic N) is 3. The minimum absolute atomic E-state index is 0.200. The lowest BCUT2D eigenvalue weighted by Crippen LogP contribution is -2.47. The van der Waals surface area contributed by atoms with E-state index >= 15 is 0 Å². The van der Waals surface area contributed by atoms with Crippen molar-refractivity contribution in [3.05, 3.63) is 63.2 Å². The molecule has 1 aliphatic heterocycles. The molecule has 0 radical (unpaired) electrons. The number of carbonyl (C=O) groups excluding carboxylic acids is 3. The summed E-state index contributed by atoms with van der Waals surface area (Å²) < 4.78 is 0. The molecule has 0 atom stereocenters. The van der Waals surface area contributed by atoms with Crippen molar-refractivity contribution in [1.29, 1.82) is 0 Å². The Balaban J connectivity index is 1.90. The van der Waals surface area contributed by atoms with E-state index in [1.807, 2.05) is 32.0 Å². The maximum Gasteiger partial charge on any atom is 0.340 e. The summed E-state index contributed by atoms with van der Waals surface area (Å²) in [4.78, 5) is 48.7. The van der Waals surface area contributed by atoms with E-state index in [4.69, 9.17) is 0 Å². The molecule has 1 aliphatic rings. The molecule has 0 aliphatic carbocycles. The van der Waals surface area contributed by atoms with E-state index in [-0.39, 0.29) is 23.7 Å². The fourth-order valence-electron chi connectivity index (χ4n) is 3.90. The number of rotatable bonds is 6. The van der Waals surface area contributed by atoms with E-state index in [0.717, 1.165) is 29.7 Å². The molecule has 10 nitrogen and oxygen atoms in total. The van der Waals surface area contributed by atoms with Gasteiger partial charge in [0.2, 0.25) is 5.91 Å². The van der Waals surface area contributed by atoms with Crippen molar-refractivity contribution >= 4 is 34.9 Å². The van der Waals surface area contributed by atoms with Gasteiger partial charge in [0.05, 0.1) is 4.92 Å². The van der Waals surface area contributed by atoms with Crippen LogP contribution in [-0.2, 0) is 17.6 Å². The van der Waals surface area contributed by atoms with Crippen molar-refractivity contribution < 1.29 is 19.3 Å². The molecule has 0 unspecified atom stereocenters. The second-order valence-corrected chi connectivity index (χ2v) is 7.66. The Bertz CT molecular complexity index is 1080. The van der Waals surface area contributed by atoms with Gasteiger partial charge in [0.25, 0.3) is 11.6 Å². The minimum Gasteiger partial charge on any atom is -0.326 e. The third-order valence-corrected chi connectivity index (χ3v) is 5.47. The van der Waals surface area contributed by atoms with Crippen molar-refractivity contribution in [1.82, 2.24) is 10.0 Å². The van der Waals surface area contributed by atoms with Crippen LogP contribution in [0, 0.1) is 10.1 Å². The van der Waals surface area contributed by atoms with Crippen molar-refractivity contribution in [3.63, 3.8) is 0 Å². The molecule has 10 heteroatoms. The summed E-state index contributed by atoms with van der Waals surface area (Å²) in [6, 6.07) is 9.15. The number of hydrogen-bond acceptors (Lipinski definition) is 5. The number of hydrazine groups is 1. The molecule has 0 saturated carbocycles. The maximum absolute atomic E-state index is 13.3. The van der Waals surface area contributed by atoms with Gasteiger partial charge in [0.1, 0.15) is 5.56 Å². The van der Waals surface area contributed by atoms with E-state index in [2.05, 4.69) is 10.6 Å². The Labute approximate surface area is 191 Å². The quantitative estimate of drug-likeness (QED) is 0.506. The van der Waals surface area contributed by atoms with Crippen LogP contribution >= 0.6 is 0 Å². The summed E-state index contributed by atoms with van der Waals surface area (Å²) in [5, 5.41) is 19.5. The standard InChI is InChI=1S/C23H27N5O5/c1-4-16-8-6-9-17(5-2)21(16)25-23(31)27-13-7-12-26(27)22(30)19-14-18(24-15(3)29)10-11-20(19)28(32)33/h6,8-11,14H,4-5,7,12-13H2,1-3H3,(H,24,29)(H,25,31). The third-order valence-electron chi connectivity index (χ3n) is 5.47. The van der Waals surface area contributed by atoms with Crippen LogP contribution in [0.5, 0.6) is 0 Å². The molecule has 33 heavy (non-hydrogen) atoms. The first-order valence-corrected chi connectivity index (χ1v) is 10.8. The fourth-order valence-corrected chi connectivity index (χ4v) is 3.90. The topological polar surface area (TPSA) is 125 Å². The summed E-state index contributed by atoms with van der Waals surface area (Å²) in [5.74, 6) is -1.05. The first-order valence-electron chi connectivity index (χ1n) is 10.8. The van der Waals surface area contributed by atoms with E-state index in [0.29, 0.717) is 13.0 Å². The van der Waals surface area contributed by atoms with Crippen LogP contribution in [0.3, 0.4) is 0 Å². The third kappa shape index (κ3) is 5.11. The Morgan fingerprint density at radius 3 is 2.21 bits per heavy atom. The molecule has 2 aromatic rings. The van der Waals surface area contributed by atoms with Crippen LogP contribution in [0.4, 0.5) is 21.9 Å². The van der Waals surface area contributed by atoms with Gasteiger partial charge in [-0.3, -0.25) is 19.7 Å². The van der Waals surface area contributed by atoms with Gasteiger partial charge >= 0.3 is 6.03 Å². The van der Waals surface area contributed by atoms with Crippen LogP contribution in [0.25, 0.3) is 0 Å². The van der Waals surface area contributed by atoms with Gasteiger partial charge in [-0.1, -0.05) is 32.0 Å². The second kappa shape index (κ2) is 10.1. The van der Waals surface area contributed by atoms with Crippen LogP contribution in [0.1, 0.15) is 48.7 Å². The Hall–Kier alpha value is -3.95. The molecule has 174 valence electrons. The first kappa shape index (κ1) is 23.7. The lowest BCUT2D eigenvalue weighted by molar-refractivity contribution is -0.385. The van der Waals surface area contributed by atoms with Crippen LogP contribution in [-0.4, -0.2) is 45.9 Å². The van der Waals surface area contributed by atoms with Gasteiger partial charge in [0.15, 0.2) is 0 Å². The van der Waals surface area contributed by atoms with Crippen molar-refractivity contribution in [2.75, 3.05) is 23.7 Å². The summed E-state index contributed by atoms with van der Waals surface area (Å²) in [6.45, 7) is 5.83. The number of nitro groups is 1. The van der Waals surface area contributed by atoms with Gasteiger partial charge in [-0.2, -0.15) is 0 Å². The molecule has 1 heterocycles. The molecule has 1 saturated heterocycles. The number of urea groups is 1. The van der Waals surface area contributed by atoms with Crippen LogP contribution in [0.15, 0.2) is 36.4 Å². The predicted molar refractivity (Wildman–Crippen MR) is 124 cm³/mol. The average molecular weight is 453 g/mol. The second-order valence-electron chi connectivity index (χ2n) is 7.66. The highest BCUT2D eigenvalue weighted by molar-refractivity contribution is 6.02. The minimum atomic E-state index is -0.680. The molecule has 0 bridgehead atoms. The van der Waals surface area contributed by atoms with Crippen molar-refractivity contribution in [2.24, 2.45) is 0 Å². The largest absolute Gasteiger partial charge is 0.340 e. The smallest absolute Gasteiger partial charge is 0.326 e. The van der Waals surface area contributed by atoms with Crippen LogP contribution < -0.4 is 10.6 Å². The van der Waals surface area contributed by atoms with Gasteiger partial charge in [0, 0.05) is 37.5 Å². The molecule has 1 fully saturated rings. The molecule has 2 aromatic carbocycles. The number of benzene rings is 2. The number of hydrogen-bond donors (Lipinski definition) is 2. The molecule has 0 aromatic heterocycles. The molecular formula is C23H27N5O5. The number of amides is 4. The maximum atomic E-state index is 13.3. The number of para-hydroxylation sites is 1. The predicted octanol–water partition coefficient (Wildman–Crippen LogP) is 3.97. The van der Waals surface area contributed by atoms with Gasteiger partial charge < -0.3 is 10.6 Å². The van der Waals surface area contributed by atoms with Crippen molar-refractivity contribution in [2.45, 2.75) is 40.0 Å². The summed E-state index contributed by atoms with van der Waals surface area (Å²) in [5.41, 5.74) is 2.36. The van der Waals surface area contributed by atoms with Crippen LogP contribution in [0.2, 0.25) is 0 Å². The number of aryl methyl sites for hydroxylation is 2. The number of nitro benzene ring substituents is 1. The fraction of sp³-hybridized carbons (Fsp3) is 0.348. The van der Waals surface area contributed by atoms with E-state index in [9.17, 15) is 24.5 Å². The molecule has 3 rings (SSSR count). The number of carbonyl (C=O) groups is 3. The zero-order valence-electron chi connectivity index (χ0n) is 18.9. The van der Waals surface area contributed by atoms with E-state index in [1.165, 1.54) is 35.1 Å². The average Bonchev–Trinajstić information content (AvgIpc) is 3.28. The Morgan fingerprint density at radius 2 is 1.64 bits per heavy atom. The molecular weight excluding hydrogens is 426 g/mol.